The van der Waals surface area contributed by atoms with E-state index in [-0.39, 0.29) is 23.5 Å². The summed E-state index contributed by atoms with van der Waals surface area (Å²) in [6, 6.07) is 12.2. The molecule has 0 spiro atoms. The molecule has 2 aromatic carbocycles. The number of methoxy groups -OCH3 is 1. The van der Waals surface area contributed by atoms with E-state index in [0.717, 1.165) is 60.7 Å². The van der Waals surface area contributed by atoms with Crippen molar-refractivity contribution in [3.63, 3.8) is 0 Å². The summed E-state index contributed by atoms with van der Waals surface area (Å²) in [7, 11) is 1.63. The van der Waals surface area contributed by atoms with Gasteiger partial charge in [-0.2, -0.15) is 0 Å². The number of hydrogen-bond acceptors (Lipinski definition) is 6. The molecule has 1 aliphatic carbocycles. The fourth-order valence-corrected chi connectivity index (χ4v) is 6.05. The second-order valence-corrected chi connectivity index (χ2v) is 10.3. The molecule has 9 heteroatoms. The lowest BCUT2D eigenvalue weighted by atomic mass is 9.91. The first-order valence-electron chi connectivity index (χ1n) is 13.1. The Morgan fingerprint density at radius 3 is 2.73 bits per heavy atom. The number of H-pyrrole nitrogens is 1. The minimum atomic E-state index is -0.546. The summed E-state index contributed by atoms with van der Waals surface area (Å²) >= 11 is 0. The number of pyridine rings is 1. The average Bonchev–Trinajstić information content (AvgIpc) is 3.40. The highest BCUT2D eigenvalue weighted by Gasteiger charge is 2.37. The number of anilines is 1. The first-order valence-corrected chi connectivity index (χ1v) is 13.1. The van der Waals surface area contributed by atoms with E-state index in [2.05, 4.69) is 32.3 Å². The number of halogens is 1. The van der Waals surface area contributed by atoms with E-state index in [0.29, 0.717) is 17.1 Å². The number of nitrogens with zero attached hydrogens (tertiary/aromatic N) is 5. The first-order chi connectivity index (χ1) is 18.0. The van der Waals surface area contributed by atoms with E-state index in [9.17, 15) is 9.18 Å². The van der Waals surface area contributed by atoms with Crippen LogP contribution in [0.15, 0.2) is 47.3 Å². The molecule has 192 valence electrons. The topological polar surface area (TPSA) is 88.9 Å². The van der Waals surface area contributed by atoms with Crippen LogP contribution in [0.25, 0.3) is 10.9 Å². The highest BCUT2D eigenvalue weighted by atomic mass is 19.1. The third kappa shape index (κ3) is 4.26. The number of aromatic nitrogens is 5. The number of nitrogens with one attached hydrogen (secondary N) is 1. The molecule has 2 atom stereocenters. The summed E-state index contributed by atoms with van der Waals surface area (Å²) in [6.45, 7) is 2.15. The number of tetrazole rings is 1. The zero-order valence-electron chi connectivity index (χ0n) is 21.2. The van der Waals surface area contributed by atoms with Gasteiger partial charge in [-0.25, -0.2) is 9.07 Å². The summed E-state index contributed by atoms with van der Waals surface area (Å²) in [4.78, 5) is 18.9. The van der Waals surface area contributed by atoms with Crippen LogP contribution in [0.1, 0.15) is 74.5 Å². The molecule has 0 amide bonds. The number of aryl methyl sites for hydroxylation is 1. The van der Waals surface area contributed by atoms with Crippen molar-refractivity contribution < 1.29 is 9.13 Å². The lowest BCUT2D eigenvalue weighted by molar-refractivity contribution is 0.311. The van der Waals surface area contributed by atoms with Crippen molar-refractivity contribution in [3.05, 3.63) is 75.6 Å². The normalized spacial score (nSPS) is 19.1. The van der Waals surface area contributed by atoms with Crippen molar-refractivity contribution in [1.29, 1.82) is 0 Å². The number of rotatable bonds is 5. The average molecular weight is 503 g/mol. The summed E-state index contributed by atoms with van der Waals surface area (Å²) < 4.78 is 21.6. The van der Waals surface area contributed by atoms with E-state index >= 15 is 0 Å². The molecule has 2 aromatic heterocycles. The minimum Gasteiger partial charge on any atom is -0.497 e. The van der Waals surface area contributed by atoms with Gasteiger partial charge in [0.05, 0.1) is 13.2 Å². The van der Waals surface area contributed by atoms with Crippen molar-refractivity contribution in [2.24, 2.45) is 0 Å². The van der Waals surface area contributed by atoms with Crippen LogP contribution in [-0.2, 0) is 6.42 Å². The molecule has 37 heavy (non-hydrogen) atoms. The Morgan fingerprint density at radius 2 is 1.92 bits per heavy atom. The molecule has 1 N–H and O–H groups in total. The van der Waals surface area contributed by atoms with Gasteiger partial charge in [-0.3, -0.25) is 4.79 Å². The zero-order valence-corrected chi connectivity index (χ0v) is 21.2. The van der Waals surface area contributed by atoms with Crippen molar-refractivity contribution in [2.45, 2.75) is 70.0 Å². The highest BCUT2D eigenvalue weighted by Crippen LogP contribution is 2.41. The van der Waals surface area contributed by atoms with Crippen LogP contribution in [-0.4, -0.2) is 38.3 Å². The van der Waals surface area contributed by atoms with Gasteiger partial charge in [0.2, 0.25) is 0 Å². The van der Waals surface area contributed by atoms with Gasteiger partial charge in [0.25, 0.3) is 5.56 Å². The molecule has 0 bridgehead atoms. The van der Waals surface area contributed by atoms with Gasteiger partial charge in [-0.15, -0.1) is 5.10 Å². The molecule has 0 radical (unpaired) electrons. The van der Waals surface area contributed by atoms with Crippen LogP contribution in [0.2, 0.25) is 0 Å². The lowest BCUT2D eigenvalue weighted by Crippen LogP contribution is -2.44. The van der Waals surface area contributed by atoms with Crippen molar-refractivity contribution in [1.82, 2.24) is 25.2 Å². The Balaban J connectivity index is 1.58. The van der Waals surface area contributed by atoms with Crippen molar-refractivity contribution in [3.8, 4) is 5.75 Å². The maximum atomic E-state index is 14.2. The summed E-state index contributed by atoms with van der Waals surface area (Å²) in [5.41, 5.74) is 2.93. The van der Waals surface area contributed by atoms with Crippen LogP contribution in [0.3, 0.4) is 0 Å². The molecule has 3 heterocycles. The van der Waals surface area contributed by atoms with Gasteiger partial charge in [-0.05, 0) is 91.1 Å². The standard InChI is InChI=1S/C28H31FN6O2/c1-17-8-9-18-14-20(29)10-13-25(18)34(17)26(27-31-32-33-35(27)21-6-4-3-5-7-21)23-16-19-15-22(37-2)11-12-24(19)30-28(23)36/h10-17,21,26H,3-9H2,1-2H3,(H,30,36). The Labute approximate surface area is 214 Å². The molecule has 6 rings (SSSR count). The quantitative estimate of drug-likeness (QED) is 0.409. The third-order valence-corrected chi connectivity index (χ3v) is 7.96. The number of ether oxygens (including phenoxy) is 1. The second-order valence-electron chi connectivity index (χ2n) is 10.3. The summed E-state index contributed by atoms with van der Waals surface area (Å²) in [5, 5.41) is 13.9. The Morgan fingerprint density at radius 1 is 1.08 bits per heavy atom. The van der Waals surface area contributed by atoms with Crippen LogP contribution < -0.4 is 15.2 Å². The lowest BCUT2D eigenvalue weighted by Gasteiger charge is -2.42. The van der Waals surface area contributed by atoms with E-state index < -0.39 is 6.04 Å². The van der Waals surface area contributed by atoms with Gasteiger partial charge in [0.1, 0.15) is 17.6 Å². The molecular formula is C28H31FN6O2. The molecule has 1 saturated carbocycles. The van der Waals surface area contributed by atoms with Gasteiger partial charge >= 0.3 is 0 Å². The van der Waals surface area contributed by atoms with E-state index in [1.807, 2.05) is 35.0 Å². The maximum absolute atomic E-state index is 14.2. The third-order valence-electron chi connectivity index (χ3n) is 7.96. The molecule has 4 aromatic rings. The Hall–Kier alpha value is -3.75. The summed E-state index contributed by atoms with van der Waals surface area (Å²) in [6.07, 6.45) is 7.10. The first kappa shape index (κ1) is 23.6. The Bertz CT molecular complexity index is 1490. The fourth-order valence-electron chi connectivity index (χ4n) is 6.05. The van der Waals surface area contributed by atoms with Crippen LogP contribution in [0.5, 0.6) is 5.75 Å². The molecular weight excluding hydrogens is 471 g/mol. The SMILES string of the molecule is COc1ccc2[nH]c(=O)c(C(c3nnnn3C3CCCCC3)N3c4ccc(F)cc4CCC3C)cc2c1. The van der Waals surface area contributed by atoms with Gasteiger partial charge in [-0.1, -0.05) is 19.3 Å². The highest BCUT2D eigenvalue weighted by molar-refractivity contribution is 5.81. The van der Waals surface area contributed by atoms with E-state index in [1.165, 1.54) is 12.5 Å². The number of benzene rings is 2. The molecule has 1 fully saturated rings. The largest absolute Gasteiger partial charge is 0.497 e. The fraction of sp³-hybridized carbons (Fsp3) is 0.429. The molecule has 8 nitrogen and oxygen atoms in total. The zero-order chi connectivity index (χ0) is 25.5. The summed E-state index contributed by atoms with van der Waals surface area (Å²) in [5.74, 6) is 1.09. The minimum absolute atomic E-state index is 0.0832. The van der Waals surface area contributed by atoms with Gasteiger partial charge < -0.3 is 14.6 Å². The van der Waals surface area contributed by atoms with Crippen molar-refractivity contribution in [2.75, 3.05) is 12.0 Å². The predicted octanol–water partition coefficient (Wildman–Crippen LogP) is 5.10. The predicted molar refractivity (Wildman–Crippen MR) is 140 cm³/mol. The smallest absolute Gasteiger partial charge is 0.254 e. The van der Waals surface area contributed by atoms with Crippen LogP contribution in [0, 0.1) is 5.82 Å². The van der Waals surface area contributed by atoms with E-state index in [1.54, 1.807) is 13.2 Å². The second kappa shape index (κ2) is 9.61. The van der Waals surface area contributed by atoms with Crippen molar-refractivity contribution >= 4 is 16.6 Å². The van der Waals surface area contributed by atoms with Crippen LogP contribution >= 0.6 is 0 Å². The maximum Gasteiger partial charge on any atom is 0.254 e. The monoisotopic (exact) mass is 502 g/mol. The molecule has 2 aliphatic rings. The number of aromatic amines is 1. The number of fused-ring (bicyclic) bond motifs is 2. The molecule has 1 aliphatic heterocycles. The molecule has 2 unspecified atom stereocenters. The number of hydrogen-bond donors (Lipinski definition) is 1. The molecule has 0 saturated heterocycles. The van der Waals surface area contributed by atoms with E-state index in [4.69, 9.17) is 4.74 Å². The van der Waals surface area contributed by atoms with Crippen LogP contribution in [0.4, 0.5) is 10.1 Å². The van der Waals surface area contributed by atoms with Gasteiger partial charge in [0, 0.05) is 28.2 Å². The van der Waals surface area contributed by atoms with Gasteiger partial charge in [0.15, 0.2) is 5.82 Å². The Kier molecular flexibility index (Phi) is 6.14.